The lowest BCUT2D eigenvalue weighted by Gasteiger charge is -2.38. The van der Waals surface area contributed by atoms with Gasteiger partial charge in [0.2, 0.25) is 0 Å². The van der Waals surface area contributed by atoms with Crippen molar-refractivity contribution in [2.75, 3.05) is 26.7 Å². The van der Waals surface area contributed by atoms with E-state index in [1.54, 1.807) is 0 Å². The largest absolute Gasteiger partial charge is 0.338 e. The van der Waals surface area contributed by atoms with Crippen molar-refractivity contribution in [2.45, 2.75) is 45.7 Å². The molecular formula is C12H25N3O. The van der Waals surface area contributed by atoms with Crippen molar-refractivity contribution < 1.29 is 4.79 Å². The number of hydrogen-bond acceptors (Lipinski definition) is 2. The number of rotatable bonds is 3. The molecule has 4 nitrogen and oxygen atoms in total. The molecule has 1 aliphatic rings. The Bertz CT molecular complexity index is 222. The fraction of sp³-hybridized carbons (Fsp3) is 0.917. The summed E-state index contributed by atoms with van der Waals surface area (Å²) < 4.78 is 0. The summed E-state index contributed by atoms with van der Waals surface area (Å²) in [5.74, 6) is 0. The number of likely N-dealkylation sites (tertiary alicyclic amines) is 1. The van der Waals surface area contributed by atoms with Crippen molar-refractivity contribution in [2.24, 2.45) is 0 Å². The van der Waals surface area contributed by atoms with E-state index in [0.29, 0.717) is 18.6 Å². The molecule has 1 heterocycles. The van der Waals surface area contributed by atoms with Crippen LogP contribution in [0.2, 0.25) is 0 Å². The maximum Gasteiger partial charge on any atom is 0.317 e. The summed E-state index contributed by atoms with van der Waals surface area (Å²) in [4.78, 5) is 16.0. The Labute approximate surface area is 99.0 Å². The molecule has 0 aliphatic carbocycles. The van der Waals surface area contributed by atoms with E-state index in [1.165, 1.54) is 0 Å². The molecule has 0 aromatic rings. The van der Waals surface area contributed by atoms with Crippen LogP contribution in [-0.4, -0.2) is 54.6 Å². The van der Waals surface area contributed by atoms with Crippen molar-refractivity contribution in [3.8, 4) is 0 Å². The summed E-state index contributed by atoms with van der Waals surface area (Å²) in [5.41, 5.74) is 0. The van der Waals surface area contributed by atoms with Crippen LogP contribution in [-0.2, 0) is 0 Å². The third kappa shape index (κ3) is 3.37. The van der Waals surface area contributed by atoms with Crippen LogP contribution >= 0.6 is 0 Å². The number of hydrogen-bond donors (Lipinski definition) is 1. The summed E-state index contributed by atoms with van der Waals surface area (Å²) in [6, 6.07) is 1.09. The Balaban J connectivity index is 2.38. The minimum atomic E-state index is 0.0606. The fourth-order valence-corrected chi connectivity index (χ4v) is 2.23. The smallest absolute Gasteiger partial charge is 0.317 e. The summed E-state index contributed by atoms with van der Waals surface area (Å²) in [6.07, 6.45) is 2.18. The van der Waals surface area contributed by atoms with Gasteiger partial charge < -0.3 is 15.1 Å². The van der Waals surface area contributed by atoms with Crippen LogP contribution in [0.1, 0.15) is 33.6 Å². The number of nitrogens with one attached hydrogen (secondary N) is 1. The topological polar surface area (TPSA) is 35.6 Å². The van der Waals surface area contributed by atoms with Crippen LogP contribution in [0.25, 0.3) is 0 Å². The van der Waals surface area contributed by atoms with Gasteiger partial charge in [-0.2, -0.15) is 0 Å². The van der Waals surface area contributed by atoms with Gasteiger partial charge in [0.25, 0.3) is 0 Å². The number of carbonyl (C=O) groups excluding carboxylic acids is 1. The Kier molecular flexibility index (Phi) is 5.06. The van der Waals surface area contributed by atoms with Gasteiger partial charge in [0.15, 0.2) is 0 Å². The molecule has 0 radical (unpaired) electrons. The number of urea groups is 1. The quantitative estimate of drug-likeness (QED) is 0.793. The molecule has 1 saturated heterocycles. The zero-order valence-electron chi connectivity index (χ0n) is 11.0. The Morgan fingerprint density at radius 2 is 2.00 bits per heavy atom. The Morgan fingerprint density at radius 3 is 2.44 bits per heavy atom. The molecule has 0 bridgehead atoms. The monoisotopic (exact) mass is 227 g/mol. The van der Waals surface area contributed by atoms with Crippen molar-refractivity contribution in [1.82, 2.24) is 15.1 Å². The van der Waals surface area contributed by atoms with Crippen molar-refractivity contribution in [1.29, 1.82) is 0 Å². The third-order valence-corrected chi connectivity index (χ3v) is 3.43. The second-order valence-electron chi connectivity index (χ2n) is 4.81. The standard InChI is InChI=1S/C12H25N3O/c1-5-13-12(16)14(4)11-6-8-15(9-7-11)10(2)3/h10-11H,5-9H2,1-4H3,(H,13,16). The van der Waals surface area contributed by atoms with E-state index in [-0.39, 0.29) is 6.03 Å². The van der Waals surface area contributed by atoms with E-state index in [0.717, 1.165) is 25.9 Å². The molecule has 1 rings (SSSR count). The van der Waals surface area contributed by atoms with E-state index >= 15 is 0 Å². The molecule has 0 aromatic carbocycles. The lowest BCUT2D eigenvalue weighted by atomic mass is 10.0. The van der Waals surface area contributed by atoms with Crippen LogP contribution < -0.4 is 5.32 Å². The molecule has 94 valence electrons. The maximum atomic E-state index is 11.7. The molecule has 1 fully saturated rings. The molecule has 0 aromatic heterocycles. The minimum Gasteiger partial charge on any atom is -0.338 e. The van der Waals surface area contributed by atoms with Crippen molar-refractivity contribution in [3.05, 3.63) is 0 Å². The molecule has 0 spiro atoms. The van der Waals surface area contributed by atoms with Crippen LogP contribution in [0.5, 0.6) is 0 Å². The van der Waals surface area contributed by atoms with Gasteiger partial charge in [-0.05, 0) is 33.6 Å². The third-order valence-electron chi connectivity index (χ3n) is 3.43. The van der Waals surface area contributed by atoms with Crippen LogP contribution in [0.4, 0.5) is 4.79 Å². The number of amides is 2. The van der Waals surface area contributed by atoms with Crippen molar-refractivity contribution >= 4 is 6.03 Å². The summed E-state index contributed by atoms with van der Waals surface area (Å²) in [6.45, 7) is 9.32. The van der Waals surface area contributed by atoms with E-state index in [4.69, 9.17) is 0 Å². The second-order valence-corrected chi connectivity index (χ2v) is 4.81. The first-order chi connectivity index (χ1) is 7.56. The van der Waals surface area contributed by atoms with Gasteiger partial charge in [0.1, 0.15) is 0 Å². The van der Waals surface area contributed by atoms with Gasteiger partial charge in [-0.1, -0.05) is 0 Å². The number of nitrogens with zero attached hydrogens (tertiary/aromatic N) is 2. The van der Waals surface area contributed by atoms with Gasteiger partial charge in [-0.25, -0.2) is 4.79 Å². The highest BCUT2D eigenvalue weighted by Gasteiger charge is 2.25. The van der Waals surface area contributed by atoms with Gasteiger partial charge in [-0.15, -0.1) is 0 Å². The molecule has 16 heavy (non-hydrogen) atoms. The second kappa shape index (κ2) is 6.09. The average Bonchev–Trinajstić information content (AvgIpc) is 2.28. The van der Waals surface area contributed by atoms with E-state index < -0.39 is 0 Å². The van der Waals surface area contributed by atoms with Crippen molar-refractivity contribution in [3.63, 3.8) is 0 Å². The molecule has 0 atom stereocenters. The first-order valence-electron chi connectivity index (χ1n) is 6.31. The van der Waals surface area contributed by atoms with Crippen LogP contribution in [0.3, 0.4) is 0 Å². The Hall–Kier alpha value is -0.770. The highest BCUT2D eigenvalue weighted by molar-refractivity contribution is 5.74. The predicted octanol–water partition coefficient (Wildman–Crippen LogP) is 1.52. The SMILES string of the molecule is CCNC(=O)N(C)C1CCN(C(C)C)CC1. The zero-order chi connectivity index (χ0) is 12.1. The van der Waals surface area contributed by atoms with E-state index in [2.05, 4.69) is 24.1 Å². The molecular weight excluding hydrogens is 202 g/mol. The minimum absolute atomic E-state index is 0.0606. The maximum absolute atomic E-state index is 11.7. The lowest BCUT2D eigenvalue weighted by Crippen LogP contribution is -2.49. The molecule has 0 saturated carbocycles. The van der Waals surface area contributed by atoms with E-state index in [9.17, 15) is 4.79 Å². The molecule has 2 amide bonds. The number of carbonyl (C=O) groups is 1. The molecule has 1 aliphatic heterocycles. The first-order valence-corrected chi connectivity index (χ1v) is 6.31. The highest BCUT2D eigenvalue weighted by Crippen LogP contribution is 2.17. The molecule has 4 heteroatoms. The highest BCUT2D eigenvalue weighted by atomic mass is 16.2. The predicted molar refractivity (Wildman–Crippen MR) is 66.6 cm³/mol. The lowest BCUT2D eigenvalue weighted by molar-refractivity contribution is 0.117. The molecule has 0 unspecified atom stereocenters. The van der Waals surface area contributed by atoms with Gasteiger partial charge in [-0.3, -0.25) is 0 Å². The summed E-state index contributed by atoms with van der Waals surface area (Å²) in [7, 11) is 1.90. The average molecular weight is 227 g/mol. The Morgan fingerprint density at radius 1 is 1.44 bits per heavy atom. The van der Waals surface area contributed by atoms with Gasteiger partial charge in [0, 0.05) is 38.8 Å². The molecule has 1 N–H and O–H groups in total. The number of piperidine rings is 1. The van der Waals surface area contributed by atoms with Gasteiger partial charge >= 0.3 is 6.03 Å². The van der Waals surface area contributed by atoms with Crippen LogP contribution in [0.15, 0.2) is 0 Å². The van der Waals surface area contributed by atoms with Gasteiger partial charge in [0.05, 0.1) is 0 Å². The van der Waals surface area contributed by atoms with Crippen LogP contribution in [0, 0.1) is 0 Å². The first kappa shape index (κ1) is 13.3. The van der Waals surface area contributed by atoms with E-state index in [1.807, 2.05) is 18.9 Å². The fourth-order valence-electron chi connectivity index (χ4n) is 2.23. The normalized spacial score (nSPS) is 18.8. The zero-order valence-corrected chi connectivity index (χ0v) is 11.0. The summed E-state index contributed by atoms with van der Waals surface area (Å²) in [5, 5.41) is 2.85. The summed E-state index contributed by atoms with van der Waals surface area (Å²) >= 11 is 0.